The number of carbonyl (C=O) groups excluding carboxylic acids is 1. The number of rotatable bonds is 12. The minimum absolute atomic E-state index is 0.0650. The Morgan fingerprint density at radius 2 is 2.10 bits per heavy atom. The van der Waals surface area contributed by atoms with Crippen molar-refractivity contribution < 1.29 is 13.9 Å². The summed E-state index contributed by atoms with van der Waals surface area (Å²) in [6, 6.07) is 9.60. The van der Waals surface area contributed by atoms with Crippen LogP contribution in [0, 0.1) is 0 Å². The van der Waals surface area contributed by atoms with Gasteiger partial charge in [-0.05, 0) is 55.4 Å². The number of carbonyl (C=O) groups is 1. The van der Waals surface area contributed by atoms with Gasteiger partial charge in [0, 0.05) is 6.42 Å². The summed E-state index contributed by atoms with van der Waals surface area (Å²) >= 11 is 3.06. The van der Waals surface area contributed by atoms with Crippen LogP contribution in [0.15, 0.2) is 49.3 Å². The maximum Gasteiger partial charge on any atom is 0.240 e. The van der Waals surface area contributed by atoms with Gasteiger partial charge >= 0.3 is 0 Å². The van der Waals surface area contributed by atoms with E-state index in [0.717, 1.165) is 38.2 Å². The quantitative estimate of drug-likeness (QED) is 0.203. The van der Waals surface area contributed by atoms with E-state index >= 15 is 0 Å². The normalized spacial score (nSPS) is 11.4. The number of fused-ring (bicyclic) bond motifs is 1. The number of hydrazone groups is 1. The van der Waals surface area contributed by atoms with E-state index in [1.165, 1.54) is 37.2 Å². The maximum absolute atomic E-state index is 11.8. The number of unbranched alkanes of at least 4 members (excludes halogenated alkanes) is 4. The van der Waals surface area contributed by atoms with Crippen LogP contribution in [0.3, 0.4) is 0 Å². The van der Waals surface area contributed by atoms with Crippen LogP contribution in [-0.4, -0.2) is 23.7 Å². The van der Waals surface area contributed by atoms with Crippen LogP contribution in [0.1, 0.15) is 58.1 Å². The van der Waals surface area contributed by atoms with E-state index in [2.05, 4.69) is 22.4 Å². The Labute approximate surface area is 185 Å². The molecule has 0 fully saturated rings. The monoisotopic (exact) mass is 445 g/mol. The molecule has 0 bridgehead atoms. The van der Waals surface area contributed by atoms with Gasteiger partial charge in [-0.15, -0.1) is 11.3 Å². The first-order valence-corrected chi connectivity index (χ1v) is 11.9. The van der Waals surface area contributed by atoms with Crippen molar-refractivity contribution in [1.29, 1.82) is 0 Å². The van der Waals surface area contributed by atoms with Gasteiger partial charge in [0.25, 0.3) is 0 Å². The lowest BCUT2D eigenvalue weighted by molar-refractivity contribution is -0.121. The van der Waals surface area contributed by atoms with E-state index < -0.39 is 0 Å². The topological polar surface area (TPSA) is 76.7 Å². The van der Waals surface area contributed by atoms with Crippen molar-refractivity contribution in [3.8, 4) is 5.75 Å². The molecule has 0 saturated carbocycles. The number of hydrogen-bond donors (Lipinski definition) is 1. The van der Waals surface area contributed by atoms with Crippen LogP contribution in [0.25, 0.3) is 10.2 Å². The zero-order chi connectivity index (χ0) is 21.2. The molecule has 0 radical (unpaired) electrons. The fourth-order valence-electron chi connectivity index (χ4n) is 2.84. The molecular formula is C22H27N3O3S2. The van der Waals surface area contributed by atoms with Gasteiger partial charge in [0.1, 0.15) is 11.5 Å². The smallest absolute Gasteiger partial charge is 0.240 e. The van der Waals surface area contributed by atoms with E-state index in [1.54, 1.807) is 11.3 Å². The summed E-state index contributed by atoms with van der Waals surface area (Å²) in [6.45, 7) is 4.79. The molecule has 1 aromatic carbocycles. The van der Waals surface area contributed by atoms with E-state index in [-0.39, 0.29) is 5.91 Å². The molecule has 3 aromatic rings. The van der Waals surface area contributed by atoms with Crippen molar-refractivity contribution in [2.75, 3.05) is 6.61 Å². The Bertz CT molecular complexity index is 981. The lowest BCUT2D eigenvalue weighted by Gasteiger charge is -2.00. The van der Waals surface area contributed by atoms with Crippen molar-refractivity contribution in [1.82, 2.24) is 10.4 Å². The van der Waals surface area contributed by atoms with Crippen LogP contribution < -0.4 is 10.2 Å². The van der Waals surface area contributed by atoms with Crippen LogP contribution in [0.5, 0.6) is 5.75 Å². The fourth-order valence-corrected chi connectivity index (χ4v) is 4.84. The first-order chi connectivity index (χ1) is 14.7. The number of nitrogens with zero attached hydrogens (tertiary/aromatic N) is 2. The molecule has 1 amide bonds. The number of ether oxygens (including phenoxy) is 1. The molecule has 0 atom stereocenters. The van der Waals surface area contributed by atoms with Gasteiger partial charge < -0.3 is 9.15 Å². The molecule has 30 heavy (non-hydrogen) atoms. The highest BCUT2D eigenvalue weighted by Gasteiger charge is 2.10. The second-order valence-corrected chi connectivity index (χ2v) is 9.04. The zero-order valence-corrected chi connectivity index (χ0v) is 19.0. The number of furan rings is 1. The van der Waals surface area contributed by atoms with Crippen LogP contribution >= 0.6 is 23.1 Å². The highest BCUT2D eigenvalue weighted by Crippen LogP contribution is 2.36. The summed E-state index contributed by atoms with van der Waals surface area (Å²) < 4.78 is 13.3. The molecule has 0 aliphatic heterocycles. The number of benzene rings is 1. The Balaban J connectivity index is 1.48. The van der Waals surface area contributed by atoms with Gasteiger partial charge in [0.05, 0.1) is 23.0 Å². The Morgan fingerprint density at radius 3 is 2.93 bits per heavy atom. The molecule has 2 heterocycles. The third-order valence-corrected chi connectivity index (χ3v) is 6.33. The minimum Gasteiger partial charge on any atom is -0.494 e. The second kappa shape index (κ2) is 11.8. The van der Waals surface area contributed by atoms with Crippen molar-refractivity contribution in [2.45, 2.75) is 61.8 Å². The van der Waals surface area contributed by atoms with E-state index in [9.17, 15) is 4.79 Å². The summed E-state index contributed by atoms with van der Waals surface area (Å²) in [5, 5.41) is 4.71. The van der Waals surface area contributed by atoms with Gasteiger partial charge in [-0.25, -0.2) is 10.4 Å². The molecule has 0 spiro atoms. The molecule has 0 aliphatic carbocycles. The fraction of sp³-hybridized carbons (Fsp3) is 0.409. The van der Waals surface area contributed by atoms with Gasteiger partial charge in [-0.2, -0.15) is 5.10 Å². The highest BCUT2D eigenvalue weighted by atomic mass is 32.2. The molecule has 6 nitrogen and oxygen atoms in total. The van der Waals surface area contributed by atoms with E-state index in [4.69, 9.17) is 9.15 Å². The summed E-state index contributed by atoms with van der Waals surface area (Å²) in [5.41, 5.74) is 3.50. The predicted molar refractivity (Wildman–Crippen MR) is 123 cm³/mol. The predicted octanol–water partition coefficient (Wildman–Crippen LogP) is 6.25. The average molecular weight is 446 g/mol. The maximum atomic E-state index is 11.8. The van der Waals surface area contributed by atoms with Gasteiger partial charge in [0.2, 0.25) is 5.91 Å². The Hall–Kier alpha value is -2.32. The molecule has 0 aliphatic rings. The van der Waals surface area contributed by atoms with Gasteiger partial charge in [-0.1, -0.05) is 32.6 Å². The first kappa shape index (κ1) is 22.4. The average Bonchev–Trinajstić information content (AvgIpc) is 3.34. The molecular weight excluding hydrogens is 418 g/mol. The van der Waals surface area contributed by atoms with E-state index in [1.807, 2.05) is 37.3 Å². The van der Waals surface area contributed by atoms with E-state index in [0.29, 0.717) is 18.8 Å². The lowest BCUT2D eigenvalue weighted by Crippen LogP contribution is -2.16. The van der Waals surface area contributed by atoms with Gasteiger partial charge in [0.15, 0.2) is 9.43 Å². The molecule has 3 rings (SSSR count). The van der Waals surface area contributed by atoms with Crippen LogP contribution in [0.2, 0.25) is 0 Å². The second-order valence-electron chi connectivity index (χ2n) is 6.76. The zero-order valence-electron chi connectivity index (χ0n) is 17.3. The molecule has 0 saturated heterocycles. The largest absolute Gasteiger partial charge is 0.494 e. The van der Waals surface area contributed by atoms with Crippen molar-refractivity contribution in [3.05, 3.63) is 36.1 Å². The third-order valence-electron chi connectivity index (χ3n) is 4.33. The van der Waals surface area contributed by atoms with Crippen LogP contribution in [0.4, 0.5) is 0 Å². The highest BCUT2D eigenvalue weighted by molar-refractivity contribution is 8.01. The summed E-state index contributed by atoms with van der Waals surface area (Å²) in [7, 11) is 0. The number of aromatic nitrogens is 1. The Morgan fingerprint density at radius 1 is 1.23 bits per heavy atom. The number of amides is 1. The SMILES string of the molecule is CCCCCCCC(=O)N/N=C\c1ccc(Sc2nc3ccc(OCC)cc3s2)o1. The number of nitrogens with one attached hydrogen (secondary N) is 1. The molecule has 8 heteroatoms. The standard InChI is InChI=1S/C22H27N3O3S2/c1-3-5-6-7-8-9-20(26)25-23-15-17-11-13-21(28-17)30-22-24-18-12-10-16(27-4-2)14-19(18)29-22/h10-15H,3-9H2,1-2H3,(H,25,26)/b23-15-. The van der Waals surface area contributed by atoms with Crippen molar-refractivity contribution >= 4 is 45.4 Å². The lowest BCUT2D eigenvalue weighted by atomic mass is 10.1. The minimum atomic E-state index is -0.0650. The number of thiazole rings is 1. The first-order valence-electron chi connectivity index (χ1n) is 10.3. The van der Waals surface area contributed by atoms with Crippen molar-refractivity contribution in [2.24, 2.45) is 5.10 Å². The molecule has 160 valence electrons. The summed E-state index contributed by atoms with van der Waals surface area (Å²) in [4.78, 5) is 16.4. The summed E-state index contributed by atoms with van der Waals surface area (Å²) in [5.74, 6) is 1.37. The number of hydrogen-bond acceptors (Lipinski definition) is 7. The third kappa shape index (κ3) is 6.88. The molecule has 0 unspecified atom stereocenters. The Kier molecular flexibility index (Phi) is 8.77. The van der Waals surface area contributed by atoms with Crippen LogP contribution in [-0.2, 0) is 4.79 Å². The van der Waals surface area contributed by atoms with Gasteiger partial charge in [-0.3, -0.25) is 4.79 Å². The summed E-state index contributed by atoms with van der Waals surface area (Å²) in [6.07, 6.45) is 7.62. The van der Waals surface area contributed by atoms with Crippen molar-refractivity contribution in [3.63, 3.8) is 0 Å². The molecule has 2 aromatic heterocycles. The molecule has 1 N–H and O–H groups in total.